The molecule has 1 aliphatic carbocycles. The zero-order valence-corrected chi connectivity index (χ0v) is 11.3. The summed E-state index contributed by atoms with van der Waals surface area (Å²) in [6.07, 6.45) is 5.24. The second kappa shape index (κ2) is 4.74. The van der Waals surface area contributed by atoms with Crippen LogP contribution in [0.5, 0.6) is 0 Å². The Morgan fingerprint density at radius 2 is 2.00 bits per heavy atom. The van der Waals surface area contributed by atoms with E-state index in [2.05, 4.69) is 49.7 Å². The number of nitrogens with one attached hydrogen (secondary N) is 1. The number of fused-ring (bicyclic) bond motifs is 1. The molecule has 1 saturated carbocycles. The van der Waals surface area contributed by atoms with E-state index in [1.165, 1.54) is 24.0 Å². The lowest BCUT2D eigenvalue weighted by atomic mass is 10.0. The van der Waals surface area contributed by atoms with Crippen LogP contribution < -0.4 is 10.2 Å². The predicted molar refractivity (Wildman–Crippen MR) is 77.7 cm³/mol. The molecule has 0 amide bonds. The molecular weight excluding hydrogens is 250 g/mol. The van der Waals surface area contributed by atoms with Gasteiger partial charge in [0.05, 0.1) is 6.20 Å². The number of benzene rings is 1. The molecule has 5 nitrogen and oxygen atoms in total. The summed E-state index contributed by atoms with van der Waals surface area (Å²) in [5, 5.41) is 11.4. The van der Waals surface area contributed by atoms with Gasteiger partial charge < -0.3 is 10.2 Å². The lowest BCUT2D eigenvalue weighted by molar-refractivity contribution is 0.714. The first-order valence-corrected chi connectivity index (χ1v) is 7.16. The van der Waals surface area contributed by atoms with Crippen LogP contribution in [0.25, 0.3) is 0 Å². The molecule has 0 bridgehead atoms. The highest BCUT2D eigenvalue weighted by molar-refractivity contribution is 5.45. The van der Waals surface area contributed by atoms with Crippen molar-refractivity contribution >= 4 is 11.8 Å². The summed E-state index contributed by atoms with van der Waals surface area (Å²) in [6.45, 7) is 1.89. The summed E-state index contributed by atoms with van der Waals surface area (Å²) < 4.78 is 0. The third-order valence-electron chi connectivity index (χ3n) is 3.91. The first-order valence-electron chi connectivity index (χ1n) is 7.16. The average molecular weight is 267 g/mol. The largest absolute Gasteiger partial charge is 0.350 e. The van der Waals surface area contributed by atoms with E-state index < -0.39 is 0 Å². The fourth-order valence-corrected chi connectivity index (χ4v) is 2.61. The van der Waals surface area contributed by atoms with Gasteiger partial charge in [-0.3, -0.25) is 0 Å². The smallest absolute Gasteiger partial charge is 0.244 e. The fraction of sp³-hybridized carbons (Fsp3) is 0.400. The standard InChI is InChI=1S/C15H17N5/c1-2-4-12-10-20(8-7-11(12)3-1)14-9-16-19-15(18-14)17-13-5-6-13/h1-4,9,13H,5-8,10H2,(H,17,18,19). The van der Waals surface area contributed by atoms with Gasteiger partial charge in [0.15, 0.2) is 5.82 Å². The van der Waals surface area contributed by atoms with Crippen LogP contribution in [0.4, 0.5) is 11.8 Å². The molecule has 2 heterocycles. The average Bonchev–Trinajstić information content (AvgIpc) is 3.31. The second-order valence-corrected chi connectivity index (χ2v) is 5.50. The van der Waals surface area contributed by atoms with Gasteiger partial charge >= 0.3 is 0 Å². The molecule has 1 fully saturated rings. The van der Waals surface area contributed by atoms with Crippen LogP contribution in [0.1, 0.15) is 24.0 Å². The zero-order chi connectivity index (χ0) is 13.4. The molecule has 4 rings (SSSR count). The second-order valence-electron chi connectivity index (χ2n) is 5.50. The van der Waals surface area contributed by atoms with Gasteiger partial charge in [0.2, 0.25) is 5.95 Å². The monoisotopic (exact) mass is 267 g/mol. The van der Waals surface area contributed by atoms with E-state index in [0.29, 0.717) is 12.0 Å². The zero-order valence-electron chi connectivity index (χ0n) is 11.3. The first kappa shape index (κ1) is 11.6. The Morgan fingerprint density at radius 1 is 1.15 bits per heavy atom. The maximum atomic E-state index is 4.59. The van der Waals surface area contributed by atoms with Gasteiger partial charge in [-0.2, -0.15) is 10.1 Å². The Bertz CT molecular complexity index is 623. The number of aromatic nitrogens is 3. The molecule has 102 valence electrons. The highest BCUT2D eigenvalue weighted by Crippen LogP contribution is 2.25. The summed E-state index contributed by atoms with van der Waals surface area (Å²) in [5.74, 6) is 1.57. The number of rotatable bonds is 3. The van der Waals surface area contributed by atoms with Gasteiger partial charge in [0.1, 0.15) is 0 Å². The molecule has 2 aromatic rings. The minimum absolute atomic E-state index is 0.550. The Balaban J connectivity index is 1.56. The van der Waals surface area contributed by atoms with Crippen molar-refractivity contribution in [2.75, 3.05) is 16.8 Å². The molecule has 1 aliphatic heterocycles. The summed E-state index contributed by atoms with van der Waals surface area (Å²) in [4.78, 5) is 6.86. The van der Waals surface area contributed by atoms with Crippen molar-refractivity contribution in [3.8, 4) is 0 Å². The molecular formula is C15H17N5. The van der Waals surface area contributed by atoms with Crippen LogP contribution in [0.15, 0.2) is 30.5 Å². The van der Waals surface area contributed by atoms with Crippen molar-refractivity contribution < 1.29 is 0 Å². The van der Waals surface area contributed by atoms with E-state index >= 15 is 0 Å². The van der Waals surface area contributed by atoms with Gasteiger partial charge in [-0.15, -0.1) is 5.10 Å². The highest BCUT2D eigenvalue weighted by Gasteiger charge is 2.23. The van der Waals surface area contributed by atoms with Crippen LogP contribution in [0, 0.1) is 0 Å². The van der Waals surface area contributed by atoms with Crippen molar-refractivity contribution in [3.63, 3.8) is 0 Å². The molecule has 0 unspecified atom stereocenters. The molecule has 0 radical (unpaired) electrons. The third kappa shape index (κ3) is 2.31. The number of nitrogens with zero attached hydrogens (tertiary/aromatic N) is 4. The van der Waals surface area contributed by atoms with E-state index in [1.54, 1.807) is 6.20 Å². The lowest BCUT2D eigenvalue weighted by Gasteiger charge is -2.29. The molecule has 1 N–H and O–H groups in total. The van der Waals surface area contributed by atoms with Crippen LogP contribution in [-0.4, -0.2) is 27.8 Å². The first-order chi connectivity index (χ1) is 9.88. The Kier molecular flexibility index (Phi) is 2.76. The van der Waals surface area contributed by atoms with E-state index in [4.69, 9.17) is 0 Å². The van der Waals surface area contributed by atoms with Crippen molar-refractivity contribution in [2.24, 2.45) is 0 Å². The molecule has 0 spiro atoms. The SMILES string of the molecule is c1ccc2c(c1)CCN(c1cnnc(NC3CC3)n1)C2. The molecule has 1 aromatic heterocycles. The maximum Gasteiger partial charge on any atom is 0.244 e. The van der Waals surface area contributed by atoms with Crippen LogP contribution >= 0.6 is 0 Å². The molecule has 0 atom stereocenters. The lowest BCUT2D eigenvalue weighted by Crippen LogP contribution is -2.31. The normalized spacial score (nSPS) is 17.7. The van der Waals surface area contributed by atoms with Crippen molar-refractivity contribution in [3.05, 3.63) is 41.6 Å². The van der Waals surface area contributed by atoms with Gasteiger partial charge in [0.25, 0.3) is 0 Å². The minimum atomic E-state index is 0.550. The van der Waals surface area contributed by atoms with E-state index in [0.717, 1.165) is 25.3 Å². The molecule has 1 aromatic carbocycles. The Morgan fingerprint density at radius 3 is 2.85 bits per heavy atom. The van der Waals surface area contributed by atoms with Crippen LogP contribution in [-0.2, 0) is 13.0 Å². The Labute approximate surface area is 118 Å². The van der Waals surface area contributed by atoms with E-state index in [1.807, 2.05) is 0 Å². The van der Waals surface area contributed by atoms with Crippen molar-refractivity contribution in [1.82, 2.24) is 15.2 Å². The third-order valence-corrected chi connectivity index (χ3v) is 3.91. The highest BCUT2D eigenvalue weighted by atomic mass is 15.3. The molecule has 0 saturated heterocycles. The number of hydrogen-bond donors (Lipinski definition) is 1. The molecule has 20 heavy (non-hydrogen) atoms. The van der Waals surface area contributed by atoms with Gasteiger partial charge in [-0.1, -0.05) is 24.3 Å². The van der Waals surface area contributed by atoms with Gasteiger partial charge in [0, 0.05) is 19.1 Å². The minimum Gasteiger partial charge on any atom is -0.350 e. The van der Waals surface area contributed by atoms with Crippen molar-refractivity contribution in [2.45, 2.75) is 31.8 Å². The van der Waals surface area contributed by atoms with Gasteiger partial charge in [-0.25, -0.2) is 0 Å². The topological polar surface area (TPSA) is 53.9 Å². The van der Waals surface area contributed by atoms with Crippen LogP contribution in [0.2, 0.25) is 0 Å². The maximum absolute atomic E-state index is 4.59. The van der Waals surface area contributed by atoms with Crippen molar-refractivity contribution in [1.29, 1.82) is 0 Å². The predicted octanol–water partition coefficient (Wildman–Crippen LogP) is 2.01. The van der Waals surface area contributed by atoms with Gasteiger partial charge in [-0.05, 0) is 30.4 Å². The summed E-state index contributed by atoms with van der Waals surface area (Å²) in [7, 11) is 0. The van der Waals surface area contributed by atoms with Crippen LogP contribution in [0.3, 0.4) is 0 Å². The summed E-state index contributed by atoms with van der Waals surface area (Å²) in [5.41, 5.74) is 2.83. The number of anilines is 2. The van der Waals surface area contributed by atoms with E-state index in [9.17, 15) is 0 Å². The summed E-state index contributed by atoms with van der Waals surface area (Å²) in [6, 6.07) is 9.16. The molecule has 5 heteroatoms. The number of hydrogen-bond acceptors (Lipinski definition) is 5. The molecule has 2 aliphatic rings. The quantitative estimate of drug-likeness (QED) is 0.922. The summed E-state index contributed by atoms with van der Waals surface area (Å²) >= 11 is 0. The Hall–Kier alpha value is -2.17. The fourth-order valence-electron chi connectivity index (χ4n) is 2.61. The van der Waals surface area contributed by atoms with E-state index in [-0.39, 0.29) is 0 Å².